The first-order chi connectivity index (χ1) is 8.31. The fourth-order valence-corrected chi connectivity index (χ4v) is 3.80. The van der Waals surface area contributed by atoms with Crippen LogP contribution in [0, 0.1) is 11.3 Å². The zero-order chi connectivity index (χ0) is 11.7. The van der Waals surface area contributed by atoms with Crippen LogP contribution in [0.3, 0.4) is 0 Å². The third kappa shape index (κ3) is 1.97. The first-order valence-corrected chi connectivity index (χ1v) is 7.04. The minimum absolute atomic E-state index is 0.0825. The molecule has 96 valence electrons. The van der Waals surface area contributed by atoms with Gasteiger partial charge in [0.15, 0.2) is 0 Å². The van der Waals surface area contributed by atoms with Crippen molar-refractivity contribution in [2.75, 3.05) is 26.2 Å². The van der Waals surface area contributed by atoms with Crippen LogP contribution in [0.2, 0.25) is 0 Å². The number of nitrogens with one attached hydrogen (secondary N) is 3. The van der Waals surface area contributed by atoms with Crippen molar-refractivity contribution in [1.29, 1.82) is 0 Å². The molecule has 1 unspecified atom stereocenters. The lowest BCUT2D eigenvalue weighted by molar-refractivity contribution is -0.134. The minimum Gasteiger partial charge on any atom is -0.352 e. The summed E-state index contributed by atoms with van der Waals surface area (Å²) in [6.07, 6.45) is 5.90. The van der Waals surface area contributed by atoms with Crippen molar-refractivity contribution in [2.24, 2.45) is 11.3 Å². The molecule has 1 amide bonds. The van der Waals surface area contributed by atoms with Crippen LogP contribution in [0.25, 0.3) is 0 Å². The minimum atomic E-state index is -0.0825. The second-order valence-corrected chi connectivity index (χ2v) is 5.89. The molecule has 3 N–H and O–H groups in total. The monoisotopic (exact) mass is 237 g/mol. The van der Waals surface area contributed by atoms with E-state index in [4.69, 9.17) is 0 Å². The summed E-state index contributed by atoms with van der Waals surface area (Å²) >= 11 is 0. The highest BCUT2D eigenvalue weighted by molar-refractivity contribution is 5.84. The Balaban J connectivity index is 1.69. The van der Waals surface area contributed by atoms with Crippen LogP contribution in [0.1, 0.15) is 32.1 Å². The van der Waals surface area contributed by atoms with Crippen molar-refractivity contribution < 1.29 is 4.79 Å². The molecule has 1 saturated carbocycles. The van der Waals surface area contributed by atoms with E-state index in [-0.39, 0.29) is 5.41 Å². The smallest absolute Gasteiger partial charge is 0.228 e. The SMILES string of the molecule is O=C(NC1CCNC1)[C@@]12CCCC[C@H]1CNC2. The Morgan fingerprint density at radius 3 is 2.94 bits per heavy atom. The molecule has 3 aliphatic rings. The number of carbonyl (C=O) groups excluding carboxylic acids is 1. The number of hydrogen-bond acceptors (Lipinski definition) is 3. The van der Waals surface area contributed by atoms with E-state index in [9.17, 15) is 4.79 Å². The first kappa shape index (κ1) is 11.5. The van der Waals surface area contributed by atoms with Gasteiger partial charge in [0, 0.05) is 19.1 Å². The Morgan fingerprint density at radius 2 is 2.12 bits per heavy atom. The van der Waals surface area contributed by atoms with Gasteiger partial charge in [0.1, 0.15) is 0 Å². The van der Waals surface area contributed by atoms with Gasteiger partial charge in [0.2, 0.25) is 5.91 Å². The maximum atomic E-state index is 12.6. The number of hydrogen-bond donors (Lipinski definition) is 3. The van der Waals surface area contributed by atoms with Crippen molar-refractivity contribution in [1.82, 2.24) is 16.0 Å². The molecular weight excluding hydrogens is 214 g/mol. The zero-order valence-corrected chi connectivity index (χ0v) is 10.4. The number of carbonyl (C=O) groups is 1. The van der Waals surface area contributed by atoms with E-state index >= 15 is 0 Å². The first-order valence-electron chi connectivity index (χ1n) is 7.04. The summed E-state index contributed by atoms with van der Waals surface area (Å²) in [7, 11) is 0. The Labute approximate surface area is 103 Å². The summed E-state index contributed by atoms with van der Waals surface area (Å²) in [5, 5.41) is 10.0. The zero-order valence-electron chi connectivity index (χ0n) is 10.4. The average Bonchev–Trinajstić information content (AvgIpc) is 2.96. The Morgan fingerprint density at radius 1 is 1.18 bits per heavy atom. The lowest BCUT2D eigenvalue weighted by atomic mass is 9.67. The molecule has 1 aliphatic carbocycles. The second kappa shape index (κ2) is 4.58. The molecule has 17 heavy (non-hydrogen) atoms. The van der Waals surface area contributed by atoms with Crippen LogP contribution in [0.5, 0.6) is 0 Å². The van der Waals surface area contributed by atoms with Gasteiger partial charge >= 0.3 is 0 Å². The van der Waals surface area contributed by atoms with Gasteiger partial charge in [-0.15, -0.1) is 0 Å². The van der Waals surface area contributed by atoms with Crippen molar-refractivity contribution in [3.8, 4) is 0 Å². The molecule has 4 nitrogen and oxygen atoms in total. The summed E-state index contributed by atoms with van der Waals surface area (Å²) in [6.45, 7) is 3.92. The largest absolute Gasteiger partial charge is 0.352 e. The highest BCUT2D eigenvalue weighted by atomic mass is 16.2. The molecule has 0 radical (unpaired) electrons. The highest BCUT2D eigenvalue weighted by Crippen LogP contribution is 2.43. The van der Waals surface area contributed by atoms with Crippen LogP contribution in [-0.4, -0.2) is 38.1 Å². The normalized spacial score (nSPS) is 41.2. The third-order valence-corrected chi connectivity index (χ3v) is 4.89. The number of rotatable bonds is 2. The van der Waals surface area contributed by atoms with Crippen molar-refractivity contribution >= 4 is 5.91 Å². The second-order valence-electron chi connectivity index (χ2n) is 5.89. The Bertz CT molecular complexity index is 301. The molecule has 0 bridgehead atoms. The van der Waals surface area contributed by atoms with Gasteiger partial charge in [-0.1, -0.05) is 12.8 Å². The van der Waals surface area contributed by atoms with E-state index in [1.165, 1.54) is 19.3 Å². The molecule has 3 rings (SSSR count). The summed E-state index contributed by atoms with van der Waals surface area (Å²) in [5.41, 5.74) is -0.0825. The molecule has 0 aromatic carbocycles. The van der Waals surface area contributed by atoms with Gasteiger partial charge in [0.25, 0.3) is 0 Å². The molecular formula is C13H23N3O. The molecule has 4 heteroatoms. The predicted molar refractivity (Wildman–Crippen MR) is 66.7 cm³/mol. The molecule has 2 saturated heterocycles. The fraction of sp³-hybridized carbons (Fsp3) is 0.923. The summed E-state index contributed by atoms with van der Waals surface area (Å²) < 4.78 is 0. The maximum Gasteiger partial charge on any atom is 0.228 e. The molecule has 3 atom stereocenters. The van der Waals surface area contributed by atoms with Gasteiger partial charge in [-0.3, -0.25) is 4.79 Å². The van der Waals surface area contributed by atoms with Crippen molar-refractivity contribution in [3.63, 3.8) is 0 Å². The number of fused-ring (bicyclic) bond motifs is 1. The van der Waals surface area contributed by atoms with Crippen molar-refractivity contribution in [2.45, 2.75) is 38.1 Å². The van der Waals surface area contributed by atoms with Gasteiger partial charge in [-0.05, 0) is 38.3 Å². The van der Waals surface area contributed by atoms with Gasteiger partial charge < -0.3 is 16.0 Å². The van der Waals surface area contributed by atoms with E-state index in [1.807, 2.05) is 0 Å². The Kier molecular flexibility index (Phi) is 3.09. The van der Waals surface area contributed by atoms with Crippen LogP contribution < -0.4 is 16.0 Å². The molecule has 2 aliphatic heterocycles. The molecule has 0 aromatic heterocycles. The van der Waals surface area contributed by atoms with E-state index in [0.717, 1.165) is 39.0 Å². The quantitative estimate of drug-likeness (QED) is 0.645. The van der Waals surface area contributed by atoms with E-state index in [0.29, 0.717) is 17.9 Å². The summed E-state index contributed by atoms with van der Waals surface area (Å²) in [4.78, 5) is 12.6. The van der Waals surface area contributed by atoms with E-state index < -0.39 is 0 Å². The van der Waals surface area contributed by atoms with Crippen LogP contribution in [0.15, 0.2) is 0 Å². The van der Waals surface area contributed by atoms with Crippen LogP contribution in [0.4, 0.5) is 0 Å². The fourth-order valence-electron chi connectivity index (χ4n) is 3.80. The van der Waals surface area contributed by atoms with E-state index in [1.54, 1.807) is 0 Å². The lowest BCUT2D eigenvalue weighted by Gasteiger charge is -2.37. The third-order valence-electron chi connectivity index (χ3n) is 4.89. The maximum absolute atomic E-state index is 12.6. The van der Waals surface area contributed by atoms with Gasteiger partial charge in [-0.2, -0.15) is 0 Å². The van der Waals surface area contributed by atoms with Crippen LogP contribution in [-0.2, 0) is 4.79 Å². The lowest BCUT2D eigenvalue weighted by Crippen LogP contribution is -2.51. The summed E-state index contributed by atoms with van der Waals surface area (Å²) in [5.74, 6) is 0.895. The number of amides is 1. The predicted octanol–water partition coefficient (Wildman–Crippen LogP) is 0.244. The van der Waals surface area contributed by atoms with Gasteiger partial charge in [0.05, 0.1) is 5.41 Å². The standard InChI is InChI=1S/C13H23N3O/c17-12(16-11-4-6-14-8-11)13-5-2-1-3-10(13)7-15-9-13/h10-11,14-15H,1-9H2,(H,16,17)/t10-,11?,13+/m0/s1. The molecule has 2 heterocycles. The molecule has 3 fully saturated rings. The molecule has 0 aromatic rings. The Hall–Kier alpha value is -0.610. The average molecular weight is 237 g/mol. The van der Waals surface area contributed by atoms with Crippen molar-refractivity contribution in [3.05, 3.63) is 0 Å². The van der Waals surface area contributed by atoms with E-state index in [2.05, 4.69) is 16.0 Å². The van der Waals surface area contributed by atoms with Gasteiger partial charge in [-0.25, -0.2) is 0 Å². The molecule has 0 spiro atoms. The highest BCUT2D eigenvalue weighted by Gasteiger charge is 2.50. The van der Waals surface area contributed by atoms with Crippen LogP contribution >= 0.6 is 0 Å². The topological polar surface area (TPSA) is 53.2 Å². The summed E-state index contributed by atoms with van der Waals surface area (Å²) in [6, 6.07) is 0.361.